The highest BCUT2D eigenvalue weighted by Crippen LogP contribution is 2.38. The molecule has 24 heteroatoms. The van der Waals surface area contributed by atoms with Gasteiger partial charge in [-0.2, -0.15) is 0 Å². The molecule has 2 aromatic rings. The number of carbonyl (C=O) groups excluding carboxylic acids is 7. The van der Waals surface area contributed by atoms with Gasteiger partial charge >= 0.3 is 17.6 Å². The van der Waals surface area contributed by atoms with Gasteiger partial charge in [-0.3, -0.25) is 54.0 Å². The third-order valence-electron chi connectivity index (χ3n) is 12.4. The standard InChI is InChI=1S/C47H65N11O13/c1-46(2,3)71-43(65)31-20-24-57(47(31,44(66)67)58(68)69)41(63)34(28-70-27-30-15-8-5-9-16-30)54-38(60)33(25-29-13-6-4-7-14-29)53-37(59)26-52-39(61)35-18-11-22-55(35)42(64)36-19-12-23-56(36)40(62)32(48)17-10-21-51-45(49)50/h4-9,13-16,31-36H,10-12,17-28,48H2,1-3H3,(H,52,61)(H,53,59)(H,54,60)(H,66,67)(H4,49,50,51)/t31?,32-,33-,34-,35-,36-,47+/m0/s1. The van der Waals surface area contributed by atoms with Crippen molar-refractivity contribution < 1.29 is 57.9 Å². The Bertz CT molecular complexity index is 2270. The summed E-state index contributed by atoms with van der Waals surface area (Å²) in [7, 11) is 0. The number of nitrogens with zero attached hydrogens (tertiary/aromatic N) is 4. The third kappa shape index (κ3) is 14.0. The third-order valence-corrected chi connectivity index (χ3v) is 12.4. The van der Waals surface area contributed by atoms with Crippen LogP contribution in [0.15, 0.2) is 60.7 Å². The minimum atomic E-state index is -3.32. The van der Waals surface area contributed by atoms with Crippen molar-refractivity contribution in [3.05, 3.63) is 81.9 Å². The molecule has 7 atom stereocenters. The quantitative estimate of drug-likeness (QED) is 0.0182. The highest BCUT2D eigenvalue weighted by molar-refractivity contribution is 5.98. The number of esters is 1. The van der Waals surface area contributed by atoms with Gasteiger partial charge in [-0.15, -0.1) is 0 Å². The molecule has 3 aliphatic heterocycles. The Morgan fingerprint density at radius 2 is 1.48 bits per heavy atom. The van der Waals surface area contributed by atoms with Crippen molar-refractivity contribution in [2.45, 2.75) is 120 Å². The van der Waals surface area contributed by atoms with Gasteiger partial charge in [-0.1, -0.05) is 60.7 Å². The van der Waals surface area contributed by atoms with Crippen molar-refractivity contribution in [1.29, 1.82) is 5.41 Å². The minimum absolute atomic E-state index is 0.0957. The highest BCUT2D eigenvalue weighted by Gasteiger charge is 2.71. The number of benzene rings is 2. The lowest BCUT2D eigenvalue weighted by Gasteiger charge is -2.33. The summed E-state index contributed by atoms with van der Waals surface area (Å²) in [6, 6.07) is 11.2. The molecule has 0 bridgehead atoms. The molecule has 5 rings (SSSR count). The lowest BCUT2D eigenvalue weighted by Crippen LogP contribution is -2.67. The van der Waals surface area contributed by atoms with E-state index in [1.807, 2.05) is 0 Å². The first-order chi connectivity index (χ1) is 33.6. The topological polar surface area (TPSA) is 352 Å². The molecule has 0 radical (unpaired) electrons. The lowest BCUT2D eigenvalue weighted by molar-refractivity contribution is -0.582. The van der Waals surface area contributed by atoms with Gasteiger partial charge in [0.25, 0.3) is 5.91 Å². The van der Waals surface area contributed by atoms with Crippen LogP contribution in [-0.2, 0) is 60.9 Å². The zero-order valence-corrected chi connectivity index (χ0v) is 40.1. The Labute approximate surface area is 410 Å². The number of aliphatic carboxylic acids is 1. The fourth-order valence-corrected chi connectivity index (χ4v) is 9.08. The normalized spacial score (nSPS) is 21.1. The number of carbonyl (C=O) groups is 8. The summed E-state index contributed by atoms with van der Waals surface area (Å²) >= 11 is 0. The summed E-state index contributed by atoms with van der Waals surface area (Å²) in [5.74, 6) is -10.0. The van der Waals surface area contributed by atoms with Crippen LogP contribution >= 0.6 is 0 Å². The lowest BCUT2D eigenvalue weighted by atomic mass is 9.93. The number of hydrogen-bond acceptors (Lipinski definition) is 14. The molecule has 24 nitrogen and oxygen atoms in total. The summed E-state index contributed by atoms with van der Waals surface area (Å²) in [5, 5.41) is 40.9. The largest absolute Gasteiger partial charge is 0.474 e. The average molecular weight is 992 g/mol. The van der Waals surface area contributed by atoms with E-state index in [2.05, 4.69) is 21.3 Å². The monoisotopic (exact) mass is 991 g/mol. The molecule has 0 spiro atoms. The Balaban J connectivity index is 1.31. The van der Waals surface area contributed by atoms with Crippen molar-refractivity contribution in [1.82, 2.24) is 36.0 Å². The van der Waals surface area contributed by atoms with Crippen LogP contribution in [0, 0.1) is 21.4 Å². The van der Waals surface area contributed by atoms with E-state index in [0.29, 0.717) is 54.8 Å². The second-order valence-corrected chi connectivity index (χ2v) is 18.7. The van der Waals surface area contributed by atoms with E-state index in [0.717, 1.165) is 0 Å². The van der Waals surface area contributed by atoms with Crippen LogP contribution in [0.4, 0.5) is 0 Å². The SMILES string of the molecule is CC(C)(C)OC(=O)C1CCN(C(=O)[C@H](COCc2ccccc2)NC(=O)[C@H](Cc2ccccc2)NC(=O)CNC(=O)[C@@H]2CCCN2C(=O)[C@@H]2CCCN2C(=O)[C@@H](N)CCCNC(=N)N)[C@@]1(C(=O)O)[N+](=O)[O-]. The van der Waals surface area contributed by atoms with Crippen LogP contribution in [0.2, 0.25) is 0 Å². The van der Waals surface area contributed by atoms with Crippen LogP contribution in [0.3, 0.4) is 0 Å². The molecule has 3 saturated heterocycles. The second kappa shape index (κ2) is 24.6. The average Bonchev–Trinajstić information content (AvgIpc) is 4.11. The number of hydrogen-bond donors (Lipinski definition) is 8. The zero-order valence-electron chi connectivity index (χ0n) is 40.1. The van der Waals surface area contributed by atoms with Crippen molar-refractivity contribution in [3.8, 4) is 0 Å². The number of carboxylic acids is 1. The number of nitrogens with one attached hydrogen (secondary N) is 5. The number of likely N-dealkylation sites (tertiary alicyclic amines) is 3. The predicted molar refractivity (Wildman–Crippen MR) is 253 cm³/mol. The van der Waals surface area contributed by atoms with Crippen molar-refractivity contribution >= 4 is 53.3 Å². The molecule has 3 aliphatic rings. The van der Waals surface area contributed by atoms with Crippen molar-refractivity contribution in [3.63, 3.8) is 0 Å². The summed E-state index contributed by atoms with van der Waals surface area (Å²) < 4.78 is 11.2. The first-order valence-electron chi connectivity index (χ1n) is 23.5. The number of carboxylic acid groups (broad SMARTS) is 1. The first kappa shape index (κ1) is 54.7. The van der Waals surface area contributed by atoms with Gasteiger partial charge in [0.1, 0.15) is 29.8 Å². The van der Waals surface area contributed by atoms with Crippen LogP contribution in [-0.4, -0.2) is 159 Å². The number of nitro groups is 1. The summed E-state index contributed by atoms with van der Waals surface area (Å²) in [4.78, 5) is 125. The molecule has 3 fully saturated rings. The van der Waals surface area contributed by atoms with Gasteiger partial charge in [0.15, 0.2) is 11.9 Å². The van der Waals surface area contributed by atoms with Crippen LogP contribution in [0.25, 0.3) is 0 Å². The number of ether oxygens (including phenoxy) is 2. The van der Waals surface area contributed by atoms with E-state index in [1.165, 1.54) is 30.6 Å². The Morgan fingerprint density at radius 3 is 2.08 bits per heavy atom. The number of amides is 6. The summed E-state index contributed by atoms with van der Waals surface area (Å²) in [6.07, 6.45) is 1.80. The predicted octanol–water partition coefficient (Wildman–Crippen LogP) is -0.648. The summed E-state index contributed by atoms with van der Waals surface area (Å²) in [6.45, 7) is 3.41. The smallest absolute Gasteiger partial charge is 0.408 e. The Morgan fingerprint density at radius 1 is 0.859 bits per heavy atom. The fourth-order valence-electron chi connectivity index (χ4n) is 9.08. The van der Waals surface area contributed by atoms with E-state index in [1.54, 1.807) is 60.7 Å². The van der Waals surface area contributed by atoms with E-state index < -0.39 is 126 Å². The molecular formula is C47H65N11O13. The maximum Gasteiger partial charge on any atom is 0.408 e. The minimum Gasteiger partial charge on any atom is -0.474 e. The van der Waals surface area contributed by atoms with Gasteiger partial charge in [-0.25, -0.2) is 4.79 Å². The van der Waals surface area contributed by atoms with Gasteiger partial charge in [0.2, 0.25) is 29.5 Å². The zero-order chi connectivity index (χ0) is 52.0. The van der Waals surface area contributed by atoms with Gasteiger partial charge < -0.3 is 57.1 Å². The van der Waals surface area contributed by atoms with Crippen LogP contribution < -0.4 is 32.7 Å². The maximum atomic E-state index is 14.5. The van der Waals surface area contributed by atoms with Gasteiger partial charge in [0, 0.05) is 32.6 Å². The highest BCUT2D eigenvalue weighted by atomic mass is 16.6. The first-order valence-corrected chi connectivity index (χ1v) is 23.5. The summed E-state index contributed by atoms with van der Waals surface area (Å²) in [5.41, 5.74) is 8.24. The number of nitrogens with two attached hydrogens (primary N) is 2. The van der Waals surface area contributed by atoms with Gasteiger partial charge in [0.05, 0.1) is 30.7 Å². The maximum absolute atomic E-state index is 14.5. The molecule has 2 aromatic carbocycles. The van der Waals surface area contributed by atoms with Crippen molar-refractivity contribution in [2.75, 3.05) is 39.3 Å². The van der Waals surface area contributed by atoms with Crippen molar-refractivity contribution in [2.24, 2.45) is 17.4 Å². The van der Waals surface area contributed by atoms with Gasteiger partial charge in [-0.05, 0) is 76.8 Å². The molecular weight excluding hydrogens is 927 g/mol. The molecule has 0 aliphatic carbocycles. The van der Waals surface area contributed by atoms with Crippen LogP contribution in [0.5, 0.6) is 0 Å². The molecule has 71 heavy (non-hydrogen) atoms. The van der Waals surface area contributed by atoms with E-state index in [9.17, 15) is 53.6 Å². The van der Waals surface area contributed by atoms with Crippen LogP contribution in [0.1, 0.15) is 76.8 Å². The molecule has 0 saturated carbocycles. The number of guanidine groups is 1. The molecule has 386 valence electrons. The molecule has 10 N–H and O–H groups in total. The Hall–Kier alpha value is -7.21. The van der Waals surface area contributed by atoms with E-state index >= 15 is 0 Å². The van der Waals surface area contributed by atoms with E-state index in [4.69, 9.17) is 26.4 Å². The molecule has 3 heterocycles. The number of rotatable bonds is 22. The fraction of sp³-hybridized carbons (Fsp3) is 0.553. The molecule has 1 unspecified atom stereocenters. The van der Waals surface area contributed by atoms with E-state index in [-0.39, 0.29) is 38.4 Å². The molecule has 0 aromatic heterocycles. The Kier molecular flexibility index (Phi) is 18.9. The molecule has 6 amide bonds. The second-order valence-electron chi connectivity index (χ2n) is 18.7.